The van der Waals surface area contributed by atoms with Gasteiger partial charge in [0.2, 0.25) is 5.91 Å². The number of amides is 1. The molecule has 20 heavy (non-hydrogen) atoms. The molecule has 1 aromatic carbocycles. The van der Waals surface area contributed by atoms with E-state index >= 15 is 0 Å². The molecule has 110 valence electrons. The average Bonchev–Trinajstić information content (AvgIpc) is 3.29. The smallest absolute Gasteiger partial charge is 0.239 e. The van der Waals surface area contributed by atoms with Crippen molar-refractivity contribution in [2.45, 2.75) is 32.3 Å². The van der Waals surface area contributed by atoms with E-state index in [9.17, 15) is 9.90 Å². The Kier molecular flexibility index (Phi) is 5.41. The molecule has 0 saturated heterocycles. The standard InChI is InChI=1S/C16H24N2O2/c1-2-15(19)11-18(14-6-4-3-5-7-14)12-16(20)17-10-13-8-9-13/h3-7,13,15,19H,2,8-12H2,1H3,(H,17,20). The van der Waals surface area contributed by atoms with Crippen molar-refractivity contribution in [2.75, 3.05) is 24.5 Å². The molecular formula is C16H24N2O2. The zero-order chi connectivity index (χ0) is 14.4. The lowest BCUT2D eigenvalue weighted by Gasteiger charge is -2.26. The van der Waals surface area contributed by atoms with Crippen LogP contribution in [-0.2, 0) is 4.79 Å². The fourth-order valence-electron chi connectivity index (χ4n) is 2.09. The Morgan fingerprint density at radius 2 is 2.10 bits per heavy atom. The highest BCUT2D eigenvalue weighted by molar-refractivity contribution is 5.81. The lowest BCUT2D eigenvalue weighted by molar-refractivity contribution is -0.119. The number of carbonyl (C=O) groups is 1. The summed E-state index contributed by atoms with van der Waals surface area (Å²) in [5.41, 5.74) is 0.974. The van der Waals surface area contributed by atoms with Gasteiger partial charge in [-0.2, -0.15) is 0 Å². The van der Waals surface area contributed by atoms with Crippen molar-refractivity contribution in [1.29, 1.82) is 0 Å². The second kappa shape index (κ2) is 7.29. The van der Waals surface area contributed by atoms with Crippen LogP contribution in [0.25, 0.3) is 0 Å². The average molecular weight is 276 g/mol. The van der Waals surface area contributed by atoms with Gasteiger partial charge >= 0.3 is 0 Å². The molecule has 0 radical (unpaired) electrons. The van der Waals surface area contributed by atoms with E-state index in [1.54, 1.807) is 0 Å². The van der Waals surface area contributed by atoms with Crippen LogP contribution in [-0.4, -0.2) is 36.8 Å². The number of hydrogen-bond donors (Lipinski definition) is 2. The number of nitrogens with one attached hydrogen (secondary N) is 1. The third-order valence-corrected chi connectivity index (χ3v) is 3.64. The van der Waals surface area contributed by atoms with Crippen LogP contribution >= 0.6 is 0 Å². The normalized spacial score (nSPS) is 15.7. The SMILES string of the molecule is CCC(O)CN(CC(=O)NCC1CC1)c1ccccc1. The number of benzene rings is 1. The Hall–Kier alpha value is -1.55. The van der Waals surface area contributed by atoms with Gasteiger partial charge in [-0.25, -0.2) is 0 Å². The van der Waals surface area contributed by atoms with E-state index in [0.717, 1.165) is 12.2 Å². The minimum absolute atomic E-state index is 0.0315. The van der Waals surface area contributed by atoms with Gasteiger partial charge in [-0.3, -0.25) is 4.79 Å². The molecule has 1 saturated carbocycles. The zero-order valence-corrected chi connectivity index (χ0v) is 12.1. The summed E-state index contributed by atoms with van der Waals surface area (Å²) in [4.78, 5) is 13.9. The molecule has 4 nitrogen and oxygen atoms in total. The molecular weight excluding hydrogens is 252 g/mol. The van der Waals surface area contributed by atoms with E-state index in [4.69, 9.17) is 0 Å². The van der Waals surface area contributed by atoms with E-state index < -0.39 is 6.10 Å². The first-order chi connectivity index (χ1) is 9.69. The van der Waals surface area contributed by atoms with Gasteiger partial charge in [0.15, 0.2) is 0 Å². The Morgan fingerprint density at radius 1 is 1.40 bits per heavy atom. The summed E-state index contributed by atoms with van der Waals surface area (Å²) in [6.45, 7) is 3.52. The largest absolute Gasteiger partial charge is 0.391 e. The minimum Gasteiger partial charge on any atom is -0.391 e. The van der Waals surface area contributed by atoms with Crippen molar-refractivity contribution in [3.05, 3.63) is 30.3 Å². The minimum atomic E-state index is -0.411. The van der Waals surface area contributed by atoms with Crippen LogP contribution in [0, 0.1) is 5.92 Å². The summed E-state index contributed by atoms with van der Waals surface area (Å²) in [7, 11) is 0. The Balaban J connectivity index is 1.92. The topological polar surface area (TPSA) is 52.6 Å². The van der Waals surface area contributed by atoms with Crippen molar-refractivity contribution < 1.29 is 9.90 Å². The van der Waals surface area contributed by atoms with Crippen LogP contribution in [0.15, 0.2) is 30.3 Å². The van der Waals surface area contributed by atoms with Crippen LogP contribution in [0.2, 0.25) is 0 Å². The van der Waals surface area contributed by atoms with Crippen LogP contribution < -0.4 is 10.2 Å². The number of aliphatic hydroxyl groups excluding tert-OH is 1. The molecule has 1 aliphatic rings. The molecule has 1 unspecified atom stereocenters. The highest BCUT2D eigenvalue weighted by Gasteiger charge is 2.22. The molecule has 0 aliphatic heterocycles. The maximum Gasteiger partial charge on any atom is 0.239 e. The van der Waals surface area contributed by atoms with Gasteiger partial charge in [-0.15, -0.1) is 0 Å². The van der Waals surface area contributed by atoms with Gasteiger partial charge in [0.25, 0.3) is 0 Å². The molecule has 0 bridgehead atoms. The lowest BCUT2D eigenvalue weighted by Crippen LogP contribution is -2.41. The first-order valence-corrected chi connectivity index (χ1v) is 7.43. The van der Waals surface area contributed by atoms with Crippen LogP contribution in [0.4, 0.5) is 5.69 Å². The van der Waals surface area contributed by atoms with E-state index in [1.165, 1.54) is 12.8 Å². The number of hydrogen-bond acceptors (Lipinski definition) is 3. The second-order valence-corrected chi connectivity index (χ2v) is 5.53. The van der Waals surface area contributed by atoms with Gasteiger partial charge < -0.3 is 15.3 Å². The van der Waals surface area contributed by atoms with Crippen molar-refractivity contribution in [2.24, 2.45) is 5.92 Å². The summed E-state index contributed by atoms with van der Waals surface area (Å²) in [5, 5.41) is 12.8. The van der Waals surface area contributed by atoms with Gasteiger partial charge in [-0.05, 0) is 37.3 Å². The molecule has 1 amide bonds. The predicted molar refractivity (Wildman–Crippen MR) is 80.7 cm³/mol. The lowest BCUT2D eigenvalue weighted by atomic mass is 10.2. The number of aliphatic hydroxyl groups is 1. The third kappa shape index (κ3) is 4.85. The second-order valence-electron chi connectivity index (χ2n) is 5.53. The molecule has 1 aromatic rings. The van der Waals surface area contributed by atoms with Gasteiger partial charge in [0.05, 0.1) is 12.6 Å². The Morgan fingerprint density at radius 3 is 2.70 bits per heavy atom. The van der Waals surface area contributed by atoms with Gasteiger partial charge in [0.1, 0.15) is 0 Å². The Bertz CT molecular complexity index is 418. The highest BCUT2D eigenvalue weighted by Crippen LogP contribution is 2.27. The number of nitrogens with zero attached hydrogens (tertiary/aromatic N) is 1. The summed E-state index contributed by atoms with van der Waals surface area (Å²) in [6.07, 6.45) is 2.74. The van der Waals surface area contributed by atoms with Crippen molar-refractivity contribution in [3.63, 3.8) is 0 Å². The predicted octanol–water partition coefficient (Wildman–Crippen LogP) is 1.79. The fraction of sp³-hybridized carbons (Fsp3) is 0.562. The Labute approximate surface area is 120 Å². The van der Waals surface area contributed by atoms with E-state index in [1.807, 2.05) is 42.2 Å². The molecule has 1 atom stereocenters. The number of carbonyl (C=O) groups excluding carboxylic acids is 1. The number of anilines is 1. The van der Waals surface area contributed by atoms with Gasteiger partial charge in [0, 0.05) is 18.8 Å². The quantitative estimate of drug-likeness (QED) is 0.761. The van der Waals surface area contributed by atoms with Crippen molar-refractivity contribution >= 4 is 11.6 Å². The van der Waals surface area contributed by atoms with Crippen LogP contribution in [0.3, 0.4) is 0 Å². The van der Waals surface area contributed by atoms with E-state index in [2.05, 4.69) is 5.32 Å². The summed E-state index contributed by atoms with van der Waals surface area (Å²) in [6, 6.07) is 9.78. The first-order valence-electron chi connectivity index (χ1n) is 7.43. The summed E-state index contributed by atoms with van der Waals surface area (Å²) < 4.78 is 0. The summed E-state index contributed by atoms with van der Waals surface area (Å²) >= 11 is 0. The molecule has 1 aliphatic carbocycles. The third-order valence-electron chi connectivity index (χ3n) is 3.64. The maximum absolute atomic E-state index is 12.0. The molecule has 4 heteroatoms. The number of para-hydroxylation sites is 1. The van der Waals surface area contributed by atoms with Crippen molar-refractivity contribution in [1.82, 2.24) is 5.32 Å². The molecule has 2 rings (SSSR count). The fourth-order valence-corrected chi connectivity index (χ4v) is 2.09. The maximum atomic E-state index is 12.0. The molecule has 1 fully saturated rings. The first kappa shape index (κ1) is 14.9. The summed E-state index contributed by atoms with van der Waals surface area (Å²) in [5.74, 6) is 0.717. The number of rotatable bonds is 8. The van der Waals surface area contributed by atoms with E-state index in [0.29, 0.717) is 25.4 Å². The monoisotopic (exact) mass is 276 g/mol. The van der Waals surface area contributed by atoms with Crippen molar-refractivity contribution in [3.8, 4) is 0 Å². The molecule has 2 N–H and O–H groups in total. The molecule has 0 aromatic heterocycles. The van der Waals surface area contributed by atoms with Crippen LogP contribution in [0.1, 0.15) is 26.2 Å². The molecule has 0 spiro atoms. The van der Waals surface area contributed by atoms with Gasteiger partial charge in [-0.1, -0.05) is 25.1 Å². The highest BCUT2D eigenvalue weighted by atomic mass is 16.3. The van der Waals surface area contributed by atoms with E-state index in [-0.39, 0.29) is 5.91 Å². The molecule has 0 heterocycles. The zero-order valence-electron chi connectivity index (χ0n) is 12.1. The van der Waals surface area contributed by atoms with Crippen LogP contribution in [0.5, 0.6) is 0 Å².